The van der Waals surface area contributed by atoms with Crippen molar-refractivity contribution in [3.63, 3.8) is 0 Å². The molecule has 0 bridgehead atoms. The van der Waals surface area contributed by atoms with Gasteiger partial charge in [0.1, 0.15) is 0 Å². The summed E-state index contributed by atoms with van der Waals surface area (Å²) in [6.07, 6.45) is -4.40. The Morgan fingerprint density at radius 2 is 0.702 bits per heavy atom. The molecule has 0 saturated carbocycles. The zero-order valence-electron chi connectivity index (χ0n) is 30.4. The summed E-state index contributed by atoms with van der Waals surface area (Å²) in [5.74, 6) is 0. The molecule has 0 N–H and O–H groups in total. The Morgan fingerprint density at radius 1 is 0.316 bits per heavy atom. The van der Waals surface area contributed by atoms with Crippen LogP contribution in [-0.2, 0) is 6.18 Å². The van der Waals surface area contributed by atoms with Crippen molar-refractivity contribution in [2.45, 2.75) is 6.18 Å². The van der Waals surface area contributed by atoms with Crippen molar-refractivity contribution in [3.05, 3.63) is 194 Å². The lowest BCUT2D eigenvalue weighted by atomic mass is 9.84. The fraction of sp³-hybridized carbons (Fsp3) is 0.0189. The first kappa shape index (κ1) is 33.6. The summed E-state index contributed by atoms with van der Waals surface area (Å²) < 4.78 is 43.3. The van der Waals surface area contributed by atoms with E-state index in [9.17, 15) is 13.2 Å². The highest BCUT2D eigenvalue weighted by Crippen LogP contribution is 2.51. The molecular weight excluding hydrogens is 726 g/mol. The maximum Gasteiger partial charge on any atom is 0.416 e. The minimum Gasteiger partial charge on any atom is -0.166 e. The fourth-order valence-corrected chi connectivity index (χ4v) is 10.4. The summed E-state index contributed by atoms with van der Waals surface area (Å²) in [5, 5.41) is 11.4. The Morgan fingerprint density at radius 3 is 1.19 bits per heavy atom. The molecule has 1 heterocycles. The zero-order valence-corrected chi connectivity index (χ0v) is 31.3. The zero-order chi connectivity index (χ0) is 38.3. The molecule has 1 aromatic heterocycles. The molecule has 57 heavy (non-hydrogen) atoms. The average molecular weight is 757 g/mol. The number of hydrogen-bond donors (Lipinski definition) is 0. The van der Waals surface area contributed by atoms with E-state index >= 15 is 0 Å². The molecule has 0 amide bonds. The van der Waals surface area contributed by atoms with E-state index in [2.05, 4.69) is 152 Å². The maximum absolute atomic E-state index is 13.6. The summed E-state index contributed by atoms with van der Waals surface area (Å²) in [5.41, 5.74) is 8.17. The molecule has 0 aliphatic rings. The highest BCUT2D eigenvalue weighted by atomic mass is 32.1. The van der Waals surface area contributed by atoms with Gasteiger partial charge < -0.3 is 0 Å². The third kappa shape index (κ3) is 5.21. The van der Waals surface area contributed by atoms with Crippen LogP contribution in [0.1, 0.15) is 5.56 Å². The van der Waals surface area contributed by atoms with Gasteiger partial charge in [0.15, 0.2) is 0 Å². The Kier molecular flexibility index (Phi) is 7.60. The SMILES string of the molecule is FC(F)(F)c1ccc(-c2c3ccccc3c(-c3cccc4sc5c(-c6c7ccccc7c(-c7ccccc7)c7ccccc67)cccc5c34)c3ccccc23)cc1. The standard InChI is InChI=1S/C53H31F3S/c54-53(55,56)34-30-28-33(29-31-34)48-35-16-4-8-20-39(35)49(40-21-9-5-17-36(40)48)43-24-13-27-46-51(43)45-26-12-25-44(52(45)57-46)50-41-22-10-6-18-37(41)47(32-14-2-1-3-15-32)38-19-7-11-23-42(38)50/h1-31H. The van der Waals surface area contributed by atoms with Crippen LogP contribution in [0.4, 0.5) is 13.2 Å². The van der Waals surface area contributed by atoms with Crippen LogP contribution in [0.15, 0.2) is 188 Å². The molecule has 0 fully saturated rings. The Hall–Kier alpha value is -6.75. The molecule has 4 heteroatoms. The van der Waals surface area contributed by atoms with E-state index in [1.165, 1.54) is 76.1 Å². The van der Waals surface area contributed by atoms with Crippen molar-refractivity contribution >= 4 is 74.6 Å². The van der Waals surface area contributed by atoms with Gasteiger partial charge in [0.05, 0.1) is 5.56 Å². The number of thiophene rings is 1. The average Bonchev–Trinajstić information content (AvgIpc) is 3.64. The lowest BCUT2D eigenvalue weighted by molar-refractivity contribution is -0.137. The number of rotatable bonds is 4. The summed E-state index contributed by atoms with van der Waals surface area (Å²) in [6, 6.07) is 63.8. The first-order valence-electron chi connectivity index (χ1n) is 19.0. The number of halogens is 3. The molecule has 11 rings (SSSR count). The van der Waals surface area contributed by atoms with Gasteiger partial charge in [-0.05, 0) is 100 Å². The van der Waals surface area contributed by atoms with Gasteiger partial charge in [0, 0.05) is 25.7 Å². The van der Waals surface area contributed by atoms with Crippen molar-refractivity contribution in [3.8, 4) is 44.5 Å². The molecule has 0 aliphatic heterocycles. The van der Waals surface area contributed by atoms with E-state index in [1.807, 2.05) is 23.5 Å². The van der Waals surface area contributed by atoms with Crippen LogP contribution in [-0.4, -0.2) is 0 Å². The van der Waals surface area contributed by atoms with Crippen molar-refractivity contribution in [2.75, 3.05) is 0 Å². The van der Waals surface area contributed by atoms with E-state index in [1.54, 1.807) is 12.1 Å². The third-order valence-corrected chi connectivity index (χ3v) is 12.7. The van der Waals surface area contributed by atoms with E-state index in [0.717, 1.165) is 43.8 Å². The van der Waals surface area contributed by atoms with Gasteiger partial charge in [0.25, 0.3) is 0 Å². The second-order valence-electron chi connectivity index (χ2n) is 14.6. The molecule has 0 nitrogen and oxygen atoms in total. The molecule has 0 atom stereocenters. The molecule has 11 aromatic rings. The first-order valence-corrected chi connectivity index (χ1v) is 19.8. The summed E-state index contributed by atoms with van der Waals surface area (Å²) in [6.45, 7) is 0. The largest absolute Gasteiger partial charge is 0.416 e. The van der Waals surface area contributed by atoms with Gasteiger partial charge >= 0.3 is 6.18 Å². The number of alkyl halides is 3. The van der Waals surface area contributed by atoms with Crippen molar-refractivity contribution in [2.24, 2.45) is 0 Å². The Balaban J connectivity index is 1.20. The highest BCUT2D eigenvalue weighted by Gasteiger charge is 2.30. The van der Waals surface area contributed by atoms with Crippen LogP contribution in [0.5, 0.6) is 0 Å². The normalized spacial score (nSPS) is 12.1. The molecule has 0 radical (unpaired) electrons. The van der Waals surface area contributed by atoms with Crippen LogP contribution in [0.3, 0.4) is 0 Å². The van der Waals surface area contributed by atoms with Crippen molar-refractivity contribution in [1.29, 1.82) is 0 Å². The number of benzene rings is 10. The van der Waals surface area contributed by atoms with E-state index in [0.29, 0.717) is 0 Å². The van der Waals surface area contributed by atoms with Crippen LogP contribution >= 0.6 is 11.3 Å². The minimum absolute atomic E-state index is 0.653. The van der Waals surface area contributed by atoms with Crippen LogP contribution in [0.2, 0.25) is 0 Å². The summed E-state index contributed by atoms with van der Waals surface area (Å²) >= 11 is 1.83. The van der Waals surface area contributed by atoms with Crippen LogP contribution < -0.4 is 0 Å². The smallest absolute Gasteiger partial charge is 0.166 e. The first-order chi connectivity index (χ1) is 28.0. The van der Waals surface area contributed by atoms with Crippen LogP contribution in [0.25, 0.3) is 108 Å². The second kappa shape index (κ2) is 12.9. The third-order valence-electron chi connectivity index (χ3n) is 11.5. The molecule has 0 unspecified atom stereocenters. The Bertz CT molecular complexity index is 3260. The van der Waals surface area contributed by atoms with Gasteiger partial charge in [0.2, 0.25) is 0 Å². The second-order valence-corrected chi connectivity index (χ2v) is 15.6. The minimum atomic E-state index is -4.40. The van der Waals surface area contributed by atoms with E-state index in [4.69, 9.17) is 0 Å². The Labute approximate surface area is 330 Å². The molecule has 0 aliphatic carbocycles. The number of hydrogen-bond acceptors (Lipinski definition) is 1. The lowest BCUT2D eigenvalue weighted by Crippen LogP contribution is -2.04. The van der Waals surface area contributed by atoms with Gasteiger partial charge in [-0.1, -0.05) is 170 Å². The quantitative estimate of drug-likeness (QED) is 0.157. The predicted octanol–water partition coefficient (Wildman–Crippen LogP) is 16.4. The fourth-order valence-electron chi connectivity index (χ4n) is 9.14. The molecule has 0 saturated heterocycles. The van der Waals surface area contributed by atoms with E-state index < -0.39 is 11.7 Å². The maximum atomic E-state index is 13.6. The molecule has 10 aromatic carbocycles. The molecule has 0 spiro atoms. The predicted molar refractivity (Wildman–Crippen MR) is 236 cm³/mol. The lowest BCUT2D eigenvalue weighted by Gasteiger charge is -2.19. The van der Waals surface area contributed by atoms with E-state index in [-0.39, 0.29) is 0 Å². The van der Waals surface area contributed by atoms with Gasteiger partial charge in [-0.25, -0.2) is 0 Å². The monoisotopic (exact) mass is 756 g/mol. The van der Waals surface area contributed by atoms with Crippen molar-refractivity contribution < 1.29 is 13.2 Å². The molecular formula is C53H31F3S. The highest BCUT2D eigenvalue weighted by molar-refractivity contribution is 7.26. The van der Waals surface area contributed by atoms with Crippen molar-refractivity contribution in [1.82, 2.24) is 0 Å². The molecule has 270 valence electrons. The van der Waals surface area contributed by atoms with Gasteiger partial charge in [-0.3, -0.25) is 0 Å². The van der Waals surface area contributed by atoms with Gasteiger partial charge in [-0.2, -0.15) is 13.2 Å². The van der Waals surface area contributed by atoms with Gasteiger partial charge in [-0.15, -0.1) is 11.3 Å². The topological polar surface area (TPSA) is 0 Å². The number of fused-ring (bicyclic) bond motifs is 7. The summed E-state index contributed by atoms with van der Waals surface area (Å²) in [4.78, 5) is 0. The van der Waals surface area contributed by atoms with Crippen LogP contribution in [0, 0.1) is 0 Å². The summed E-state index contributed by atoms with van der Waals surface area (Å²) in [7, 11) is 0.